The van der Waals surface area contributed by atoms with E-state index in [2.05, 4.69) is 15.1 Å². The lowest BCUT2D eigenvalue weighted by atomic mass is 10.3. The van der Waals surface area contributed by atoms with Gasteiger partial charge in [0.05, 0.1) is 24.7 Å². The van der Waals surface area contributed by atoms with E-state index in [0.29, 0.717) is 56.2 Å². The van der Waals surface area contributed by atoms with Crippen LogP contribution >= 0.6 is 11.8 Å². The van der Waals surface area contributed by atoms with Gasteiger partial charge in [-0.25, -0.2) is 4.39 Å². The van der Waals surface area contributed by atoms with Crippen molar-refractivity contribution in [1.29, 1.82) is 0 Å². The molecule has 2 heterocycles. The Morgan fingerprint density at radius 1 is 1.26 bits per heavy atom. The molecule has 1 amide bonds. The Balaban J connectivity index is 1.89. The molecule has 9 heteroatoms. The largest absolute Gasteiger partial charge is 0.378 e. The molecule has 0 aliphatic carbocycles. The number of carbonyl (C=O) groups excluding carboxylic acids is 1. The number of thioether (sulfide) groups is 1. The first-order chi connectivity index (χ1) is 13.1. The summed E-state index contributed by atoms with van der Waals surface area (Å²) in [6.45, 7) is 7.86. The molecule has 0 N–H and O–H groups in total. The van der Waals surface area contributed by atoms with Crippen molar-refractivity contribution >= 4 is 23.6 Å². The summed E-state index contributed by atoms with van der Waals surface area (Å²) in [7, 11) is 0. The second-order valence-electron chi connectivity index (χ2n) is 6.05. The van der Waals surface area contributed by atoms with Crippen LogP contribution in [0.1, 0.15) is 13.8 Å². The normalized spacial score (nSPS) is 14.4. The molecule has 0 saturated carbocycles. The number of amides is 1. The molecule has 3 rings (SSSR count). The summed E-state index contributed by atoms with van der Waals surface area (Å²) in [5.74, 6) is 0.621. The van der Waals surface area contributed by atoms with Crippen molar-refractivity contribution in [1.82, 2.24) is 19.7 Å². The number of ether oxygens (including phenoxy) is 1. The predicted octanol–water partition coefficient (Wildman–Crippen LogP) is 2.20. The first-order valence-corrected chi connectivity index (χ1v) is 10.1. The number of aromatic nitrogens is 3. The summed E-state index contributed by atoms with van der Waals surface area (Å²) in [4.78, 5) is 16.2. The van der Waals surface area contributed by atoms with Crippen LogP contribution in [0.25, 0.3) is 5.69 Å². The monoisotopic (exact) mass is 393 g/mol. The van der Waals surface area contributed by atoms with Crippen molar-refractivity contribution in [2.45, 2.75) is 19.0 Å². The molecule has 146 valence electrons. The van der Waals surface area contributed by atoms with E-state index in [9.17, 15) is 9.18 Å². The number of morpholine rings is 1. The minimum Gasteiger partial charge on any atom is -0.378 e. The van der Waals surface area contributed by atoms with E-state index in [1.165, 1.54) is 23.9 Å². The van der Waals surface area contributed by atoms with Crippen LogP contribution in [0.4, 0.5) is 10.3 Å². The van der Waals surface area contributed by atoms with Crippen molar-refractivity contribution in [2.75, 3.05) is 50.0 Å². The molecule has 0 spiro atoms. The van der Waals surface area contributed by atoms with Gasteiger partial charge in [-0.15, -0.1) is 10.2 Å². The number of hydrogen-bond acceptors (Lipinski definition) is 6. The van der Waals surface area contributed by atoms with E-state index in [1.54, 1.807) is 11.0 Å². The van der Waals surface area contributed by atoms with E-state index in [4.69, 9.17) is 4.74 Å². The van der Waals surface area contributed by atoms with Crippen LogP contribution in [0.5, 0.6) is 0 Å². The van der Waals surface area contributed by atoms with Crippen LogP contribution in [-0.2, 0) is 9.53 Å². The molecule has 1 fully saturated rings. The second kappa shape index (κ2) is 9.18. The lowest BCUT2D eigenvalue weighted by Gasteiger charge is -2.28. The highest BCUT2D eigenvalue weighted by Crippen LogP contribution is 2.27. The minimum absolute atomic E-state index is 0.0479. The maximum absolute atomic E-state index is 13.8. The van der Waals surface area contributed by atoms with Gasteiger partial charge in [-0.2, -0.15) is 0 Å². The quantitative estimate of drug-likeness (QED) is 0.672. The third-order valence-corrected chi connectivity index (χ3v) is 5.33. The number of carbonyl (C=O) groups is 1. The van der Waals surface area contributed by atoms with Crippen LogP contribution < -0.4 is 4.90 Å². The van der Waals surface area contributed by atoms with Crippen LogP contribution in [0, 0.1) is 5.82 Å². The molecular formula is C18H24FN5O2S. The highest BCUT2D eigenvalue weighted by molar-refractivity contribution is 7.99. The molecule has 0 bridgehead atoms. The summed E-state index contributed by atoms with van der Waals surface area (Å²) in [6, 6.07) is 6.32. The maximum Gasteiger partial charge on any atom is 0.233 e. The minimum atomic E-state index is -0.329. The number of hydrogen-bond donors (Lipinski definition) is 0. The lowest BCUT2D eigenvalue weighted by molar-refractivity contribution is -0.127. The zero-order valence-corrected chi connectivity index (χ0v) is 16.4. The van der Waals surface area contributed by atoms with Crippen molar-refractivity contribution in [2.24, 2.45) is 0 Å². The third kappa shape index (κ3) is 4.59. The Kier molecular flexibility index (Phi) is 6.68. The van der Waals surface area contributed by atoms with Gasteiger partial charge in [0.15, 0.2) is 5.16 Å². The number of rotatable bonds is 7. The van der Waals surface area contributed by atoms with Crippen molar-refractivity contribution in [3.05, 3.63) is 30.1 Å². The van der Waals surface area contributed by atoms with Crippen LogP contribution in [0.3, 0.4) is 0 Å². The van der Waals surface area contributed by atoms with Gasteiger partial charge in [-0.1, -0.05) is 17.8 Å². The fraction of sp³-hybridized carbons (Fsp3) is 0.500. The standard InChI is InChI=1S/C18H24FN5O2S/c1-3-22(4-2)16(25)13-27-18-21-20-17(23-8-10-26-11-9-23)24(18)15-7-5-6-14(19)12-15/h5-7,12H,3-4,8-11,13H2,1-2H3. The van der Waals surface area contributed by atoms with E-state index in [-0.39, 0.29) is 17.5 Å². The zero-order chi connectivity index (χ0) is 19.2. The van der Waals surface area contributed by atoms with Gasteiger partial charge >= 0.3 is 0 Å². The van der Waals surface area contributed by atoms with E-state index in [0.717, 1.165) is 0 Å². The van der Waals surface area contributed by atoms with Crippen LogP contribution in [-0.4, -0.2) is 70.7 Å². The first-order valence-electron chi connectivity index (χ1n) is 9.08. The molecule has 0 atom stereocenters. The Hall–Kier alpha value is -2.13. The van der Waals surface area contributed by atoms with Gasteiger partial charge in [0.25, 0.3) is 0 Å². The molecule has 1 aliphatic heterocycles. The summed E-state index contributed by atoms with van der Waals surface area (Å²) < 4.78 is 21.0. The fourth-order valence-corrected chi connectivity index (χ4v) is 3.81. The fourth-order valence-electron chi connectivity index (χ4n) is 2.96. The molecule has 1 aliphatic rings. The highest BCUT2D eigenvalue weighted by Gasteiger charge is 2.23. The smallest absolute Gasteiger partial charge is 0.233 e. The molecule has 1 saturated heterocycles. The van der Waals surface area contributed by atoms with Gasteiger partial charge in [0, 0.05) is 26.2 Å². The van der Waals surface area contributed by atoms with Crippen LogP contribution in [0.2, 0.25) is 0 Å². The van der Waals surface area contributed by atoms with Crippen molar-refractivity contribution < 1.29 is 13.9 Å². The Bertz CT molecular complexity index is 775. The molecule has 0 radical (unpaired) electrons. The summed E-state index contributed by atoms with van der Waals surface area (Å²) in [5.41, 5.74) is 0.638. The zero-order valence-electron chi connectivity index (χ0n) is 15.6. The van der Waals surface area contributed by atoms with Crippen molar-refractivity contribution in [3.8, 4) is 5.69 Å². The number of anilines is 1. The Morgan fingerprint density at radius 2 is 2.00 bits per heavy atom. The van der Waals surface area contributed by atoms with Crippen LogP contribution in [0.15, 0.2) is 29.4 Å². The number of nitrogens with zero attached hydrogens (tertiary/aromatic N) is 5. The summed E-state index contributed by atoms with van der Waals surface area (Å²) >= 11 is 1.32. The second-order valence-corrected chi connectivity index (χ2v) is 6.99. The summed E-state index contributed by atoms with van der Waals surface area (Å²) in [6.07, 6.45) is 0. The number of halogens is 1. The van der Waals surface area contributed by atoms with E-state index in [1.807, 2.05) is 24.5 Å². The lowest BCUT2D eigenvalue weighted by Crippen LogP contribution is -2.38. The van der Waals surface area contributed by atoms with Gasteiger partial charge in [-0.3, -0.25) is 9.36 Å². The molecule has 1 aromatic heterocycles. The third-order valence-electron chi connectivity index (χ3n) is 4.42. The number of benzene rings is 1. The predicted molar refractivity (Wildman–Crippen MR) is 103 cm³/mol. The van der Waals surface area contributed by atoms with Gasteiger partial charge in [0.1, 0.15) is 5.82 Å². The van der Waals surface area contributed by atoms with E-state index < -0.39 is 0 Å². The topological polar surface area (TPSA) is 63.5 Å². The molecule has 0 unspecified atom stereocenters. The average Bonchev–Trinajstić information content (AvgIpc) is 3.12. The summed E-state index contributed by atoms with van der Waals surface area (Å²) in [5, 5.41) is 9.18. The van der Waals surface area contributed by atoms with Gasteiger partial charge in [0.2, 0.25) is 11.9 Å². The molecule has 27 heavy (non-hydrogen) atoms. The highest BCUT2D eigenvalue weighted by atomic mass is 32.2. The SMILES string of the molecule is CCN(CC)C(=O)CSc1nnc(N2CCOCC2)n1-c1cccc(F)c1. The van der Waals surface area contributed by atoms with Crippen molar-refractivity contribution in [3.63, 3.8) is 0 Å². The molecular weight excluding hydrogens is 369 g/mol. The molecule has 2 aromatic rings. The molecule has 1 aromatic carbocycles. The average molecular weight is 393 g/mol. The molecule has 7 nitrogen and oxygen atoms in total. The Labute approximate surface area is 162 Å². The van der Waals surface area contributed by atoms with E-state index >= 15 is 0 Å². The Morgan fingerprint density at radius 3 is 2.67 bits per heavy atom. The first kappa shape index (κ1) is 19.6. The van der Waals surface area contributed by atoms with Gasteiger partial charge in [-0.05, 0) is 32.0 Å². The van der Waals surface area contributed by atoms with Gasteiger partial charge < -0.3 is 14.5 Å². The maximum atomic E-state index is 13.8.